The molecule has 1 heterocycles. The molecule has 1 saturated heterocycles. The Morgan fingerprint density at radius 2 is 1.96 bits per heavy atom. The molecular weight excluding hydrogens is 337 g/mol. The molecule has 0 unspecified atom stereocenters. The third-order valence-corrected chi connectivity index (χ3v) is 5.07. The van der Waals surface area contributed by atoms with Gasteiger partial charge in [0.1, 0.15) is 5.82 Å². The molecule has 0 spiro atoms. The van der Waals surface area contributed by atoms with Gasteiger partial charge in [0.15, 0.2) is 0 Å². The van der Waals surface area contributed by atoms with Crippen LogP contribution in [0, 0.1) is 18.7 Å². The number of nitrogens with one attached hydrogen (secondary N) is 1. The number of rotatable bonds is 4. The van der Waals surface area contributed by atoms with E-state index in [1.54, 1.807) is 19.1 Å². The molecule has 2 N–H and O–H groups in total. The molecule has 144 valence electrons. The summed E-state index contributed by atoms with van der Waals surface area (Å²) in [5, 5.41) is 9.83. The van der Waals surface area contributed by atoms with Crippen molar-refractivity contribution in [1.29, 1.82) is 0 Å². The molecule has 0 radical (unpaired) electrons. The average Bonchev–Trinajstić information content (AvgIpc) is 2.60. The molecule has 1 saturated carbocycles. The van der Waals surface area contributed by atoms with Crippen molar-refractivity contribution in [2.24, 2.45) is 5.92 Å². The van der Waals surface area contributed by atoms with E-state index in [1.807, 2.05) is 4.90 Å². The number of hydrogen-bond donors (Lipinski definition) is 2. The van der Waals surface area contributed by atoms with Crippen LogP contribution < -0.4 is 5.32 Å². The number of carbonyl (C=O) groups excluding carboxylic acids is 1. The first kappa shape index (κ1) is 20.2. The summed E-state index contributed by atoms with van der Waals surface area (Å²) >= 11 is 0. The molecule has 2 aliphatic rings. The van der Waals surface area contributed by atoms with Gasteiger partial charge in [0.2, 0.25) is 0 Å². The maximum absolute atomic E-state index is 13.2. The van der Waals surface area contributed by atoms with Crippen molar-refractivity contribution in [2.75, 3.05) is 32.7 Å². The molecule has 1 aliphatic heterocycles. The number of carbonyl (C=O) groups is 2. The predicted octanol–water partition coefficient (Wildman–Crippen LogP) is 2.46. The van der Waals surface area contributed by atoms with Crippen LogP contribution in [-0.2, 0) is 11.3 Å². The van der Waals surface area contributed by atoms with Crippen LogP contribution in [0.2, 0.25) is 0 Å². The zero-order chi connectivity index (χ0) is 18.9. The van der Waals surface area contributed by atoms with E-state index in [4.69, 9.17) is 9.90 Å². The first-order valence-corrected chi connectivity index (χ1v) is 9.11. The van der Waals surface area contributed by atoms with E-state index in [-0.39, 0.29) is 18.3 Å². The number of aryl methyl sites for hydroxylation is 1. The van der Waals surface area contributed by atoms with Crippen molar-refractivity contribution < 1.29 is 19.1 Å². The van der Waals surface area contributed by atoms with E-state index < -0.39 is 0 Å². The lowest BCUT2D eigenvalue weighted by Gasteiger charge is -2.38. The lowest BCUT2D eigenvalue weighted by Crippen LogP contribution is -2.52. The first-order valence-electron chi connectivity index (χ1n) is 9.11. The van der Waals surface area contributed by atoms with Crippen LogP contribution in [0.5, 0.6) is 0 Å². The van der Waals surface area contributed by atoms with Crippen LogP contribution in [-0.4, -0.2) is 60.1 Å². The second kappa shape index (κ2) is 10.1. The minimum absolute atomic E-state index is 0.0183. The topological polar surface area (TPSA) is 72.9 Å². The smallest absolute Gasteiger partial charge is 0.317 e. The van der Waals surface area contributed by atoms with Gasteiger partial charge in [0, 0.05) is 39.3 Å². The van der Waals surface area contributed by atoms with Crippen molar-refractivity contribution in [2.45, 2.75) is 32.7 Å². The molecule has 1 aliphatic carbocycles. The fourth-order valence-electron chi connectivity index (χ4n) is 3.28. The van der Waals surface area contributed by atoms with E-state index in [0.717, 1.165) is 37.7 Å². The van der Waals surface area contributed by atoms with Gasteiger partial charge >= 0.3 is 6.03 Å². The van der Waals surface area contributed by atoms with Crippen LogP contribution >= 0.6 is 0 Å². The molecule has 0 atom stereocenters. The highest BCUT2D eigenvalue weighted by atomic mass is 19.1. The maximum atomic E-state index is 13.2. The van der Waals surface area contributed by atoms with Crippen LogP contribution in [0.4, 0.5) is 9.18 Å². The Balaban J connectivity index is 0.000000758. The highest BCUT2D eigenvalue weighted by Gasteiger charge is 2.25. The van der Waals surface area contributed by atoms with Crippen molar-refractivity contribution in [3.05, 3.63) is 35.1 Å². The molecule has 7 heteroatoms. The summed E-state index contributed by atoms with van der Waals surface area (Å²) in [4.78, 5) is 25.0. The Morgan fingerprint density at radius 3 is 2.50 bits per heavy atom. The Hall–Kier alpha value is -2.15. The number of halogens is 1. The van der Waals surface area contributed by atoms with Crippen LogP contribution in [0.1, 0.15) is 30.4 Å². The Bertz CT molecular complexity index is 600. The van der Waals surface area contributed by atoms with E-state index in [0.29, 0.717) is 12.1 Å². The molecule has 2 amide bonds. The standard InChI is InChI=1S/C18H26FN3O.CH2O2/c1-14-11-16(5-6-17(14)19)12-20-18(23)22-9-7-21(8-10-22)13-15-3-2-4-15;2-1-3/h5-6,11,15H,2-4,7-10,12-13H2,1H3,(H,20,23);1H,(H,2,3). The second-order valence-corrected chi connectivity index (χ2v) is 6.93. The quantitative estimate of drug-likeness (QED) is 0.804. The number of amides is 2. The zero-order valence-electron chi connectivity index (χ0n) is 15.3. The monoisotopic (exact) mass is 365 g/mol. The van der Waals surface area contributed by atoms with Crippen LogP contribution in [0.3, 0.4) is 0 Å². The van der Waals surface area contributed by atoms with Crippen molar-refractivity contribution in [1.82, 2.24) is 15.1 Å². The van der Waals surface area contributed by atoms with Crippen LogP contribution in [0.15, 0.2) is 18.2 Å². The van der Waals surface area contributed by atoms with Gasteiger partial charge in [-0.1, -0.05) is 18.6 Å². The molecular formula is C19H28FN3O3. The molecule has 1 aromatic carbocycles. The van der Waals surface area contributed by atoms with Gasteiger partial charge in [-0.3, -0.25) is 9.69 Å². The SMILES string of the molecule is Cc1cc(CNC(=O)N2CCN(CC3CCC3)CC2)ccc1F.O=CO. The van der Waals surface area contributed by atoms with E-state index in [1.165, 1.54) is 31.9 Å². The van der Waals surface area contributed by atoms with E-state index in [2.05, 4.69) is 10.2 Å². The number of urea groups is 1. The summed E-state index contributed by atoms with van der Waals surface area (Å²) in [6, 6.07) is 4.94. The largest absolute Gasteiger partial charge is 0.483 e. The van der Waals surface area contributed by atoms with Gasteiger partial charge in [-0.2, -0.15) is 0 Å². The van der Waals surface area contributed by atoms with Gasteiger partial charge in [-0.05, 0) is 42.9 Å². The highest BCUT2D eigenvalue weighted by molar-refractivity contribution is 5.74. The average molecular weight is 365 g/mol. The maximum Gasteiger partial charge on any atom is 0.317 e. The molecule has 0 bridgehead atoms. The minimum Gasteiger partial charge on any atom is -0.483 e. The summed E-state index contributed by atoms with van der Waals surface area (Å²) in [6.07, 6.45) is 4.13. The van der Waals surface area contributed by atoms with Gasteiger partial charge < -0.3 is 15.3 Å². The Kier molecular flexibility index (Phi) is 7.84. The first-order chi connectivity index (χ1) is 12.5. The third kappa shape index (κ3) is 5.98. The van der Waals surface area contributed by atoms with Crippen molar-refractivity contribution in [3.63, 3.8) is 0 Å². The van der Waals surface area contributed by atoms with Crippen molar-refractivity contribution in [3.8, 4) is 0 Å². The molecule has 26 heavy (non-hydrogen) atoms. The Morgan fingerprint density at radius 1 is 1.31 bits per heavy atom. The third-order valence-electron chi connectivity index (χ3n) is 5.07. The van der Waals surface area contributed by atoms with Crippen LogP contribution in [0.25, 0.3) is 0 Å². The second-order valence-electron chi connectivity index (χ2n) is 6.93. The summed E-state index contributed by atoms with van der Waals surface area (Å²) in [5.74, 6) is 0.680. The number of benzene rings is 1. The minimum atomic E-state index is -0.250. The summed E-state index contributed by atoms with van der Waals surface area (Å²) in [6.45, 7) is 6.66. The number of hydrogen-bond acceptors (Lipinski definition) is 3. The zero-order valence-corrected chi connectivity index (χ0v) is 15.3. The molecule has 1 aromatic rings. The fourth-order valence-corrected chi connectivity index (χ4v) is 3.28. The molecule has 0 aromatic heterocycles. The van der Waals surface area contributed by atoms with Crippen molar-refractivity contribution >= 4 is 12.5 Å². The van der Waals surface area contributed by atoms with Gasteiger partial charge in [-0.25, -0.2) is 9.18 Å². The normalized spacial score (nSPS) is 17.7. The number of carboxylic acid groups (broad SMARTS) is 1. The van der Waals surface area contributed by atoms with Gasteiger partial charge in [0.05, 0.1) is 0 Å². The molecule has 3 rings (SSSR count). The summed E-state index contributed by atoms with van der Waals surface area (Å²) in [5.41, 5.74) is 1.54. The summed E-state index contributed by atoms with van der Waals surface area (Å²) < 4.78 is 13.2. The van der Waals surface area contributed by atoms with Gasteiger partial charge in [-0.15, -0.1) is 0 Å². The lowest BCUT2D eigenvalue weighted by atomic mass is 9.85. The summed E-state index contributed by atoms with van der Waals surface area (Å²) in [7, 11) is 0. The van der Waals surface area contributed by atoms with E-state index >= 15 is 0 Å². The Labute approximate surface area is 154 Å². The van der Waals surface area contributed by atoms with Gasteiger partial charge in [0.25, 0.3) is 6.47 Å². The molecule has 6 nitrogen and oxygen atoms in total. The number of piperazine rings is 1. The number of nitrogens with zero attached hydrogens (tertiary/aromatic N) is 2. The molecule has 2 fully saturated rings. The predicted molar refractivity (Wildman–Crippen MR) is 97.4 cm³/mol. The fraction of sp³-hybridized carbons (Fsp3) is 0.579. The lowest BCUT2D eigenvalue weighted by molar-refractivity contribution is -0.122. The highest BCUT2D eigenvalue weighted by Crippen LogP contribution is 2.27. The van der Waals surface area contributed by atoms with E-state index in [9.17, 15) is 9.18 Å².